The molecule has 2 aliphatic rings. The molecule has 1 aromatic heterocycles. The minimum atomic E-state index is -0.572. The number of aromatic nitrogens is 1. The van der Waals surface area contributed by atoms with Crippen LogP contribution in [0.1, 0.15) is 30.5 Å². The zero-order valence-electron chi connectivity index (χ0n) is 15.1. The molecule has 0 spiro atoms. The molecule has 2 bridgehead atoms. The number of hydrogen-bond donors (Lipinski definition) is 2. The summed E-state index contributed by atoms with van der Waals surface area (Å²) < 4.78 is 14.2. The van der Waals surface area contributed by atoms with Gasteiger partial charge in [0.05, 0.1) is 23.2 Å². The summed E-state index contributed by atoms with van der Waals surface area (Å²) in [7, 11) is 0. The van der Waals surface area contributed by atoms with Gasteiger partial charge in [0, 0.05) is 42.5 Å². The standard InChI is InChI=1S/C20H24FN3O2S/c21-17-4-2-1-3-14(17)11-24-16-5-6-18(24)20(10-16,19(26)22-7-8-25)9-15-12-27-13-23-15/h1-4,12-13,16,18,25H,5-11H2,(H,22,26)/t16-,18+,20+/m1/s1. The number of aliphatic hydroxyl groups is 1. The summed E-state index contributed by atoms with van der Waals surface area (Å²) in [6, 6.07) is 7.19. The highest BCUT2D eigenvalue weighted by atomic mass is 32.1. The van der Waals surface area contributed by atoms with E-state index in [1.807, 2.05) is 17.5 Å². The van der Waals surface area contributed by atoms with Crippen LogP contribution < -0.4 is 5.32 Å². The zero-order chi connectivity index (χ0) is 18.9. The molecule has 27 heavy (non-hydrogen) atoms. The largest absolute Gasteiger partial charge is 0.395 e. The summed E-state index contributed by atoms with van der Waals surface area (Å²) in [5, 5.41) is 14.0. The van der Waals surface area contributed by atoms with Crippen LogP contribution in [0.4, 0.5) is 4.39 Å². The molecule has 2 aromatic rings. The van der Waals surface area contributed by atoms with Crippen molar-refractivity contribution in [2.75, 3.05) is 13.2 Å². The highest BCUT2D eigenvalue weighted by molar-refractivity contribution is 7.07. The monoisotopic (exact) mass is 389 g/mol. The number of rotatable bonds is 7. The van der Waals surface area contributed by atoms with Crippen molar-refractivity contribution in [1.82, 2.24) is 15.2 Å². The lowest BCUT2D eigenvalue weighted by Gasteiger charge is -2.36. The molecule has 0 aliphatic carbocycles. The lowest BCUT2D eigenvalue weighted by atomic mass is 9.70. The zero-order valence-corrected chi connectivity index (χ0v) is 15.9. The number of nitrogens with one attached hydrogen (secondary N) is 1. The normalized spacial score (nSPS) is 27.2. The Balaban J connectivity index is 1.62. The predicted molar refractivity (Wildman–Crippen MR) is 102 cm³/mol. The van der Waals surface area contributed by atoms with Crippen molar-refractivity contribution in [1.29, 1.82) is 0 Å². The van der Waals surface area contributed by atoms with Gasteiger partial charge in [0.1, 0.15) is 5.82 Å². The molecular weight excluding hydrogens is 365 g/mol. The van der Waals surface area contributed by atoms with Gasteiger partial charge in [0.2, 0.25) is 5.91 Å². The van der Waals surface area contributed by atoms with E-state index in [-0.39, 0.29) is 37.0 Å². The first-order valence-corrected chi connectivity index (χ1v) is 10.3. The van der Waals surface area contributed by atoms with Crippen molar-refractivity contribution in [3.05, 3.63) is 52.2 Å². The van der Waals surface area contributed by atoms with E-state index < -0.39 is 5.41 Å². The van der Waals surface area contributed by atoms with Gasteiger partial charge in [-0.1, -0.05) is 18.2 Å². The second kappa shape index (κ2) is 7.66. The molecule has 3 atom stereocenters. The fourth-order valence-corrected chi connectivity index (χ4v) is 5.43. The molecule has 0 radical (unpaired) electrons. The third kappa shape index (κ3) is 3.39. The number of fused-ring (bicyclic) bond motifs is 2. The average Bonchev–Trinajstić information content (AvgIpc) is 3.38. The number of amides is 1. The average molecular weight is 389 g/mol. The van der Waals surface area contributed by atoms with Crippen molar-refractivity contribution in [2.45, 2.75) is 44.3 Å². The molecule has 3 heterocycles. The topological polar surface area (TPSA) is 65.5 Å². The van der Waals surface area contributed by atoms with E-state index >= 15 is 0 Å². The third-order valence-corrected chi connectivity index (χ3v) is 6.66. The molecule has 2 saturated heterocycles. The first-order valence-electron chi connectivity index (χ1n) is 9.39. The highest BCUT2D eigenvalue weighted by Crippen LogP contribution is 2.52. The van der Waals surface area contributed by atoms with Crippen LogP contribution in [0.25, 0.3) is 0 Å². The molecule has 5 nitrogen and oxygen atoms in total. The molecular formula is C20H24FN3O2S. The van der Waals surface area contributed by atoms with Crippen LogP contribution in [0.5, 0.6) is 0 Å². The molecule has 2 N–H and O–H groups in total. The molecule has 4 rings (SSSR count). The Kier molecular flexibility index (Phi) is 5.25. The number of carbonyl (C=O) groups is 1. The molecule has 144 valence electrons. The van der Waals surface area contributed by atoms with Crippen LogP contribution in [-0.4, -0.2) is 46.1 Å². The maximum atomic E-state index is 14.2. The smallest absolute Gasteiger partial charge is 0.228 e. The maximum absolute atomic E-state index is 14.2. The van der Waals surface area contributed by atoms with Crippen molar-refractivity contribution in [3.8, 4) is 0 Å². The summed E-state index contributed by atoms with van der Waals surface area (Å²) in [5.41, 5.74) is 2.82. The lowest BCUT2D eigenvalue weighted by Crippen LogP contribution is -2.51. The fraction of sp³-hybridized carbons (Fsp3) is 0.500. The van der Waals surface area contributed by atoms with Crippen molar-refractivity contribution in [3.63, 3.8) is 0 Å². The number of nitrogens with zero attached hydrogens (tertiary/aromatic N) is 2. The molecule has 1 aromatic carbocycles. The lowest BCUT2D eigenvalue weighted by molar-refractivity contribution is -0.133. The van der Waals surface area contributed by atoms with Gasteiger partial charge in [-0.05, 0) is 25.3 Å². The molecule has 0 saturated carbocycles. The van der Waals surface area contributed by atoms with E-state index in [1.165, 1.54) is 17.4 Å². The Morgan fingerprint density at radius 1 is 1.41 bits per heavy atom. The Morgan fingerprint density at radius 2 is 2.26 bits per heavy atom. The van der Waals surface area contributed by atoms with Crippen molar-refractivity contribution < 1.29 is 14.3 Å². The fourth-order valence-electron chi connectivity index (χ4n) is 4.88. The number of aliphatic hydroxyl groups excluding tert-OH is 1. The summed E-state index contributed by atoms with van der Waals surface area (Å²) in [5.74, 6) is -0.214. The first kappa shape index (κ1) is 18.5. The summed E-state index contributed by atoms with van der Waals surface area (Å²) in [6.07, 6.45) is 3.30. The maximum Gasteiger partial charge on any atom is 0.228 e. The van der Waals surface area contributed by atoms with Crippen LogP contribution in [-0.2, 0) is 17.8 Å². The van der Waals surface area contributed by atoms with E-state index in [2.05, 4.69) is 15.2 Å². The van der Waals surface area contributed by atoms with Gasteiger partial charge >= 0.3 is 0 Å². The quantitative estimate of drug-likeness (QED) is 0.763. The van der Waals surface area contributed by atoms with Gasteiger partial charge in [-0.2, -0.15) is 0 Å². The molecule has 2 aliphatic heterocycles. The molecule has 7 heteroatoms. The minimum absolute atomic E-state index is 0.0183. The van der Waals surface area contributed by atoms with E-state index in [0.717, 1.165) is 25.0 Å². The second-order valence-corrected chi connectivity index (χ2v) is 8.23. The van der Waals surface area contributed by atoms with Crippen LogP contribution in [0.3, 0.4) is 0 Å². The number of thiazole rings is 1. The summed E-state index contributed by atoms with van der Waals surface area (Å²) in [4.78, 5) is 19.9. The van der Waals surface area contributed by atoms with Crippen molar-refractivity contribution in [2.24, 2.45) is 5.41 Å². The van der Waals surface area contributed by atoms with E-state index in [1.54, 1.807) is 11.6 Å². The van der Waals surface area contributed by atoms with Gasteiger partial charge in [-0.15, -0.1) is 11.3 Å². The Morgan fingerprint density at radius 3 is 3.00 bits per heavy atom. The van der Waals surface area contributed by atoms with Gasteiger partial charge in [-0.25, -0.2) is 9.37 Å². The van der Waals surface area contributed by atoms with Gasteiger partial charge in [0.15, 0.2) is 0 Å². The summed E-state index contributed by atoms with van der Waals surface area (Å²) >= 11 is 1.53. The highest BCUT2D eigenvalue weighted by Gasteiger charge is 2.59. The van der Waals surface area contributed by atoms with Crippen LogP contribution in [0.2, 0.25) is 0 Å². The SMILES string of the molecule is O=C(NCCO)[C@@]1(Cc2cscn2)C[C@H]2CC[C@@H]1N2Cc1ccccc1F. The third-order valence-electron chi connectivity index (χ3n) is 6.02. The van der Waals surface area contributed by atoms with Gasteiger partial charge < -0.3 is 10.4 Å². The van der Waals surface area contributed by atoms with E-state index in [0.29, 0.717) is 18.5 Å². The number of hydrogen-bond acceptors (Lipinski definition) is 5. The summed E-state index contributed by atoms with van der Waals surface area (Å²) in [6.45, 7) is 0.696. The van der Waals surface area contributed by atoms with Crippen LogP contribution >= 0.6 is 11.3 Å². The predicted octanol–water partition coefficient (Wildman–Crippen LogP) is 2.36. The number of halogens is 1. The second-order valence-electron chi connectivity index (χ2n) is 7.51. The van der Waals surface area contributed by atoms with Crippen molar-refractivity contribution >= 4 is 17.2 Å². The number of benzene rings is 1. The first-order chi connectivity index (χ1) is 13.1. The molecule has 2 fully saturated rings. The van der Waals surface area contributed by atoms with Crippen LogP contribution in [0, 0.1) is 11.2 Å². The molecule has 0 unspecified atom stereocenters. The van der Waals surface area contributed by atoms with E-state index in [9.17, 15) is 9.18 Å². The van der Waals surface area contributed by atoms with Gasteiger partial charge in [-0.3, -0.25) is 9.69 Å². The van der Waals surface area contributed by atoms with Crippen LogP contribution in [0.15, 0.2) is 35.2 Å². The van der Waals surface area contributed by atoms with Gasteiger partial charge in [0.25, 0.3) is 0 Å². The number of carbonyl (C=O) groups excluding carboxylic acids is 1. The Hall–Kier alpha value is -1.83. The minimum Gasteiger partial charge on any atom is -0.395 e. The Labute approximate surface area is 162 Å². The molecule has 1 amide bonds. The Bertz CT molecular complexity index is 800. The van der Waals surface area contributed by atoms with E-state index in [4.69, 9.17) is 5.11 Å².